The summed E-state index contributed by atoms with van der Waals surface area (Å²) in [5.41, 5.74) is 1.68. The second-order valence-corrected chi connectivity index (χ2v) is 5.21. The van der Waals surface area contributed by atoms with Gasteiger partial charge in [-0.15, -0.1) is 11.3 Å². The minimum atomic E-state index is -0.393. The number of carbonyl (C=O) groups excluding carboxylic acids is 1. The van der Waals surface area contributed by atoms with Crippen LogP contribution in [-0.4, -0.2) is 24.0 Å². The zero-order valence-corrected chi connectivity index (χ0v) is 12.5. The van der Waals surface area contributed by atoms with Gasteiger partial charge in [0.2, 0.25) is 5.91 Å². The number of ether oxygens (including phenoxy) is 1. The monoisotopic (exact) mass is 291 g/mol. The first kappa shape index (κ1) is 14.3. The van der Waals surface area contributed by atoms with Crippen molar-refractivity contribution in [3.63, 3.8) is 0 Å². The number of para-hydroxylation sites is 2. The van der Waals surface area contributed by atoms with Crippen LogP contribution in [-0.2, 0) is 4.79 Å². The van der Waals surface area contributed by atoms with E-state index >= 15 is 0 Å². The standard InChI is InChI=1S/C14H17N3O2S/c1-9-8-20-14(15-9)17-13(18)10(2)16-11-6-4-5-7-12(11)19-3/h4-8,10,16H,1-3H3,(H,15,17,18). The number of hydrogen-bond acceptors (Lipinski definition) is 5. The molecular formula is C14H17N3O2S. The Hall–Kier alpha value is -2.08. The predicted octanol–water partition coefficient (Wildman–Crippen LogP) is 2.90. The molecule has 0 aliphatic rings. The summed E-state index contributed by atoms with van der Waals surface area (Å²) in [4.78, 5) is 16.3. The molecule has 5 nitrogen and oxygen atoms in total. The summed E-state index contributed by atoms with van der Waals surface area (Å²) in [6, 6.07) is 7.09. The van der Waals surface area contributed by atoms with E-state index in [1.165, 1.54) is 11.3 Å². The van der Waals surface area contributed by atoms with E-state index in [0.29, 0.717) is 10.9 Å². The van der Waals surface area contributed by atoms with E-state index in [9.17, 15) is 4.79 Å². The fourth-order valence-corrected chi connectivity index (χ4v) is 2.38. The summed E-state index contributed by atoms with van der Waals surface area (Å²) in [7, 11) is 1.60. The summed E-state index contributed by atoms with van der Waals surface area (Å²) >= 11 is 1.41. The highest BCUT2D eigenvalue weighted by Gasteiger charge is 2.15. The molecule has 1 aromatic carbocycles. The molecule has 0 aliphatic heterocycles. The van der Waals surface area contributed by atoms with Crippen LogP contribution in [0.4, 0.5) is 10.8 Å². The van der Waals surface area contributed by atoms with Crippen LogP contribution in [0, 0.1) is 6.92 Å². The maximum absolute atomic E-state index is 12.1. The van der Waals surface area contributed by atoms with Gasteiger partial charge in [-0.05, 0) is 26.0 Å². The van der Waals surface area contributed by atoms with Crippen molar-refractivity contribution < 1.29 is 9.53 Å². The van der Waals surface area contributed by atoms with Gasteiger partial charge in [0, 0.05) is 5.38 Å². The molecule has 1 heterocycles. The van der Waals surface area contributed by atoms with Crippen molar-refractivity contribution in [3.8, 4) is 5.75 Å². The number of anilines is 2. The molecule has 1 atom stereocenters. The maximum atomic E-state index is 12.1. The first-order valence-corrected chi connectivity index (χ1v) is 7.10. The van der Waals surface area contributed by atoms with Crippen molar-refractivity contribution in [3.05, 3.63) is 35.3 Å². The third kappa shape index (κ3) is 3.48. The number of carbonyl (C=O) groups is 1. The second-order valence-electron chi connectivity index (χ2n) is 4.35. The molecule has 106 valence electrons. The first-order chi connectivity index (χ1) is 9.60. The Morgan fingerprint density at radius 3 is 2.80 bits per heavy atom. The quantitative estimate of drug-likeness (QED) is 0.889. The number of thiazole rings is 1. The van der Waals surface area contributed by atoms with Crippen LogP contribution in [0.5, 0.6) is 5.75 Å². The lowest BCUT2D eigenvalue weighted by atomic mass is 10.2. The smallest absolute Gasteiger partial charge is 0.248 e. The zero-order valence-electron chi connectivity index (χ0n) is 11.6. The van der Waals surface area contributed by atoms with Crippen molar-refractivity contribution in [2.75, 3.05) is 17.7 Å². The van der Waals surface area contributed by atoms with Gasteiger partial charge in [0.05, 0.1) is 18.5 Å². The van der Waals surface area contributed by atoms with Crippen LogP contribution in [0.15, 0.2) is 29.6 Å². The van der Waals surface area contributed by atoms with Crippen molar-refractivity contribution in [2.24, 2.45) is 0 Å². The van der Waals surface area contributed by atoms with E-state index in [4.69, 9.17) is 4.74 Å². The van der Waals surface area contributed by atoms with Gasteiger partial charge in [-0.3, -0.25) is 4.79 Å². The fraction of sp³-hybridized carbons (Fsp3) is 0.286. The molecule has 2 N–H and O–H groups in total. The van der Waals surface area contributed by atoms with Crippen LogP contribution >= 0.6 is 11.3 Å². The molecule has 0 aliphatic carbocycles. The van der Waals surface area contributed by atoms with E-state index in [-0.39, 0.29) is 5.91 Å². The molecule has 0 fully saturated rings. The van der Waals surface area contributed by atoms with Crippen LogP contribution in [0.25, 0.3) is 0 Å². The van der Waals surface area contributed by atoms with E-state index < -0.39 is 6.04 Å². The highest BCUT2D eigenvalue weighted by atomic mass is 32.1. The summed E-state index contributed by atoms with van der Waals surface area (Å²) in [6.07, 6.45) is 0. The number of aryl methyl sites for hydroxylation is 1. The van der Waals surface area contributed by atoms with E-state index in [2.05, 4.69) is 15.6 Å². The lowest BCUT2D eigenvalue weighted by Crippen LogP contribution is -2.31. The summed E-state index contributed by atoms with van der Waals surface area (Å²) < 4.78 is 5.24. The molecule has 0 saturated carbocycles. The molecule has 1 unspecified atom stereocenters. The number of methoxy groups -OCH3 is 1. The molecule has 2 aromatic rings. The highest BCUT2D eigenvalue weighted by molar-refractivity contribution is 7.13. The summed E-state index contributed by atoms with van der Waals surface area (Å²) in [5, 5.41) is 8.42. The first-order valence-electron chi connectivity index (χ1n) is 6.22. The third-order valence-corrected chi connectivity index (χ3v) is 3.60. The number of nitrogens with one attached hydrogen (secondary N) is 2. The summed E-state index contributed by atoms with van der Waals surface area (Å²) in [6.45, 7) is 3.69. The Kier molecular flexibility index (Phi) is 4.57. The van der Waals surface area contributed by atoms with Crippen LogP contribution < -0.4 is 15.4 Å². The Bertz CT molecular complexity index is 598. The summed E-state index contributed by atoms with van der Waals surface area (Å²) in [5.74, 6) is 0.572. The predicted molar refractivity (Wildman–Crippen MR) is 81.6 cm³/mol. The van der Waals surface area contributed by atoms with Crippen LogP contribution in [0.3, 0.4) is 0 Å². The topological polar surface area (TPSA) is 63.2 Å². The fourth-order valence-electron chi connectivity index (χ4n) is 1.69. The molecule has 1 aromatic heterocycles. The minimum Gasteiger partial charge on any atom is -0.495 e. The molecule has 0 radical (unpaired) electrons. The van der Waals surface area contributed by atoms with Gasteiger partial charge in [-0.25, -0.2) is 4.98 Å². The highest BCUT2D eigenvalue weighted by Crippen LogP contribution is 2.24. The number of hydrogen-bond donors (Lipinski definition) is 2. The maximum Gasteiger partial charge on any atom is 0.248 e. The van der Waals surface area contributed by atoms with Gasteiger partial charge in [0.25, 0.3) is 0 Å². The molecule has 0 bridgehead atoms. The Morgan fingerprint density at radius 1 is 1.40 bits per heavy atom. The molecule has 6 heteroatoms. The van der Waals surface area contributed by atoms with Crippen LogP contribution in [0.1, 0.15) is 12.6 Å². The molecule has 20 heavy (non-hydrogen) atoms. The molecule has 1 amide bonds. The number of benzene rings is 1. The van der Waals surface area contributed by atoms with Crippen molar-refractivity contribution in [1.82, 2.24) is 4.98 Å². The minimum absolute atomic E-state index is 0.134. The SMILES string of the molecule is COc1ccccc1NC(C)C(=O)Nc1nc(C)cs1. The Morgan fingerprint density at radius 2 is 2.15 bits per heavy atom. The van der Waals surface area contributed by atoms with E-state index in [1.54, 1.807) is 14.0 Å². The average molecular weight is 291 g/mol. The normalized spacial score (nSPS) is 11.8. The van der Waals surface area contributed by atoms with Gasteiger partial charge in [-0.1, -0.05) is 12.1 Å². The number of amides is 1. The van der Waals surface area contributed by atoms with Gasteiger partial charge >= 0.3 is 0 Å². The van der Waals surface area contributed by atoms with Gasteiger partial charge in [0.15, 0.2) is 5.13 Å². The van der Waals surface area contributed by atoms with Gasteiger partial charge in [0.1, 0.15) is 11.8 Å². The van der Waals surface area contributed by atoms with Crippen molar-refractivity contribution in [1.29, 1.82) is 0 Å². The molecule has 0 saturated heterocycles. The zero-order chi connectivity index (χ0) is 14.5. The lowest BCUT2D eigenvalue weighted by molar-refractivity contribution is -0.116. The van der Waals surface area contributed by atoms with E-state index in [0.717, 1.165) is 11.4 Å². The lowest BCUT2D eigenvalue weighted by Gasteiger charge is -2.16. The van der Waals surface area contributed by atoms with Crippen molar-refractivity contribution >= 4 is 28.1 Å². The number of rotatable bonds is 5. The Labute approximate surface area is 122 Å². The average Bonchev–Trinajstić information content (AvgIpc) is 2.84. The van der Waals surface area contributed by atoms with E-state index in [1.807, 2.05) is 36.6 Å². The number of aromatic nitrogens is 1. The van der Waals surface area contributed by atoms with Gasteiger partial charge < -0.3 is 15.4 Å². The van der Waals surface area contributed by atoms with Crippen molar-refractivity contribution in [2.45, 2.75) is 19.9 Å². The molecule has 2 rings (SSSR count). The second kappa shape index (κ2) is 6.38. The third-order valence-electron chi connectivity index (χ3n) is 2.72. The van der Waals surface area contributed by atoms with Gasteiger partial charge in [-0.2, -0.15) is 0 Å². The Balaban J connectivity index is 2.00. The molecular weight excluding hydrogens is 274 g/mol. The number of nitrogens with zero attached hydrogens (tertiary/aromatic N) is 1. The van der Waals surface area contributed by atoms with Crippen LogP contribution in [0.2, 0.25) is 0 Å². The molecule has 0 spiro atoms. The largest absolute Gasteiger partial charge is 0.495 e.